The molecular weight excluding hydrogens is 318 g/mol. The third kappa shape index (κ3) is 3.35. The third-order valence-corrected chi connectivity index (χ3v) is 4.07. The molecule has 0 saturated carbocycles. The molecule has 1 aromatic carbocycles. The Hall–Kier alpha value is -3.22. The average molecular weight is 335 g/mol. The molecular formula is C18H17N5O2. The summed E-state index contributed by atoms with van der Waals surface area (Å²) in [5.74, 6) is 0.742. The van der Waals surface area contributed by atoms with Gasteiger partial charge in [-0.25, -0.2) is 9.67 Å². The number of aromatic nitrogens is 4. The summed E-state index contributed by atoms with van der Waals surface area (Å²) < 4.78 is 7.57. The van der Waals surface area contributed by atoms with Crippen molar-refractivity contribution in [3.05, 3.63) is 60.8 Å². The van der Waals surface area contributed by atoms with E-state index in [1.165, 1.54) is 17.3 Å². The normalized spacial score (nSPS) is 15.4. The van der Waals surface area contributed by atoms with Crippen molar-refractivity contribution in [1.82, 2.24) is 25.1 Å². The van der Waals surface area contributed by atoms with Gasteiger partial charge in [0.1, 0.15) is 31.1 Å². The Bertz CT molecular complexity index is 864. The SMILES string of the molecule is O=C(Cn1cncn1)NCC1Cc2cccc(-c3ccccn3)c2O1. The molecule has 0 saturated heterocycles. The summed E-state index contributed by atoms with van der Waals surface area (Å²) >= 11 is 0. The molecule has 1 atom stereocenters. The van der Waals surface area contributed by atoms with Crippen molar-refractivity contribution in [2.45, 2.75) is 19.1 Å². The molecule has 126 valence electrons. The molecule has 2 aromatic heterocycles. The Kier molecular flexibility index (Phi) is 4.12. The number of hydrogen-bond donors (Lipinski definition) is 1. The van der Waals surface area contributed by atoms with Crippen LogP contribution in [0.1, 0.15) is 5.56 Å². The van der Waals surface area contributed by atoms with Crippen molar-refractivity contribution in [3.63, 3.8) is 0 Å². The zero-order chi connectivity index (χ0) is 17.1. The lowest BCUT2D eigenvalue weighted by Crippen LogP contribution is -2.36. The topological polar surface area (TPSA) is 81.9 Å². The van der Waals surface area contributed by atoms with Crippen LogP contribution >= 0.6 is 0 Å². The quantitative estimate of drug-likeness (QED) is 0.763. The highest BCUT2D eigenvalue weighted by atomic mass is 16.5. The lowest BCUT2D eigenvalue weighted by Gasteiger charge is -2.13. The molecule has 0 aliphatic carbocycles. The van der Waals surface area contributed by atoms with Gasteiger partial charge in [0.25, 0.3) is 0 Å². The van der Waals surface area contributed by atoms with E-state index in [2.05, 4.69) is 26.4 Å². The van der Waals surface area contributed by atoms with Crippen LogP contribution in [-0.2, 0) is 17.8 Å². The molecule has 4 rings (SSSR count). The molecule has 0 bridgehead atoms. The fraction of sp³-hybridized carbons (Fsp3) is 0.222. The van der Waals surface area contributed by atoms with Crippen LogP contribution in [0.3, 0.4) is 0 Å². The van der Waals surface area contributed by atoms with Crippen LogP contribution in [0.25, 0.3) is 11.3 Å². The van der Waals surface area contributed by atoms with E-state index >= 15 is 0 Å². The summed E-state index contributed by atoms with van der Waals surface area (Å²) in [6.45, 7) is 0.600. The summed E-state index contributed by atoms with van der Waals surface area (Å²) in [4.78, 5) is 20.2. The standard InChI is InChI=1S/C18H17N5O2/c24-17(10-23-12-19-11-22-23)21-9-14-8-13-4-3-5-15(18(13)25-14)16-6-1-2-7-20-16/h1-7,11-12,14H,8-10H2,(H,21,24). The van der Waals surface area contributed by atoms with Gasteiger partial charge in [0.05, 0.1) is 12.2 Å². The number of hydrogen-bond acceptors (Lipinski definition) is 5. The third-order valence-electron chi connectivity index (χ3n) is 4.07. The number of rotatable bonds is 5. The Labute approximate surface area is 144 Å². The van der Waals surface area contributed by atoms with E-state index < -0.39 is 0 Å². The Morgan fingerprint density at radius 2 is 2.24 bits per heavy atom. The second-order valence-corrected chi connectivity index (χ2v) is 5.85. The van der Waals surface area contributed by atoms with Crippen LogP contribution in [0.2, 0.25) is 0 Å². The van der Waals surface area contributed by atoms with Gasteiger partial charge in [0.2, 0.25) is 5.91 Å². The van der Waals surface area contributed by atoms with Gasteiger partial charge in [-0.3, -0.25) is 9.78 Å². The zero-order valence-corrected chi connectivity index (χ0v) is 13.5. The van der Waals surface area contributed by atoms with Crippen molar-refractivity contribution in [2.75, 3.05) is 6.54 Å². The fourth-order valence-electron chi connectivity index (χ4n) is 2.92. The number of nitrogens with one attached hydrogen (secondary N) is 1. The predicted octanol–water partition coefficient (Wildman–Crippen LogP) is 1.46. The summed E-state index contributed by atoms with van der Waals surface area (Å²) in [6, 6.07) is 11.9. The molecule has 1 N–H and O–H groups in total. The second kappa shape index (κ2) is 6.72. The number of amides is 1. The molecule has 0 fully saturated rings. The molecule has 7 heteroatoms. The number of benzene rings is 1. The van der Waals surface area contributed by atoms with Gasteiger partial charge in [-0.1, -0.05) is 18.2 Å². The van der Waals surface area contributed by atoms with E-state index in [4.69, 9.17) is 4.74 Å². The van der Waals surface area contributed by atoms with Crippen molar-refractivity contribution in [3.8, 4) is 17.0 Å². The first-order chi connectivity index (χ1) is 12.3. The van der Waals surface area contributed by atoms with Gasteiger partial charge < -0.3 is 10.1 Å². The lowest BCUT2D eigenvalue weighted by molar-refractivity contribution is -0.122. The van der Waals surface area contributed by atoms with Gasteiger partial charge in [0.15, 0.2) is 0 Å². The largest absolute Gasteiger partial charge is 0.487 e. The minimum absolute atomic E-state index is 0.0837. The van der Waals surface area contributed by atoms with E-state index in [0.717, 1.165) is 29.0 Å². The van der Waals surface area contributed by atoms with Crippen molar-refractivity contribution >= 4 is 5.91 Å². The van der Waals surface area contributed by atoms with Crippen LogP contribution in [0.5, 0.6) is 5.75 Å². The minimum Gasteiger partial charge on any atom is -0.487 e. The average Bonchev–Trinajstić information content (AvgIpc) is 3.29. The van der Waals surface area contributed by atoms with Gasteiger partial charge >= 0.3 is 0 Å². The second-order valence-electron chi connectivity index (χ2n) is 5.85. The number of nitrogens with zero attached hydrogens (tertiary/aromatic N) is 4. The number of carbonyl (C=O) groups is 1. The maximum Gasteiger partial charge on any atom is 0.241 e. The van der Waals surface area contributed by atoms with E-state index in [0.29, 0.717) is 6.54 Å². The van der Waals surface area contributed by atoms with Gasteiger partial charge in [-0.15, -0.1) is 0 Å². The maximum atomic E-state index is 12.0. The molecule has 7 nitrogen and oxygen atoms in total. The molecule has 1 aliphatic heterocycles. The maximum absolute atomic E-state index is 12.0. The van der Waals surface area contributed by atoms with E-state index in [1.807, 2.05) is 30.3 Å². The van der Waals surface area contributed by atoms with Crippen molar-refractivity contribution in [1.29, 1.82) is 0 Å². The van der Waals surface area contributed by atoms with E-state index in [1.54, 1.807) is 6.20 Å². The Morgan fingerprint density at radius 3 is 3.04 bits per heavy atom. The van der Waals surface area contributed by atoms with Crippen LogP contribution in [0.15, 0.2) is 55.2 Å². The number of para-hydroxylation sites is 1. The molecule has 3 heterocycles. The van der Waals surface area contributed by atoms with Crippen molar-refractivity contribution in [2.24, 2.45) is 0 Å². The molecule has 1 aliphatic rings. The van der Waals surface area contributed by atoms with Crippen molar-refractivity contribution < 1.29 is 9.53 Å². The highest BCUT2D eigenvalue weighted by Gasteiger charge is 2.26. The first kappa shape index (κ1) is 15.3. The molecule has 1 amide bonds. The smallest absolute Gasteiger partial charge is 0.241 e. The molecule has 25 heavy (non-hydrogen) atoms. The van der Waals surface area contributed by atoms with Crippen LogP contribution in [-0.4, -0.2) is 38.3 Å². The summed E-state index contributed by atoms with van der Waals surface area (Å²) in [5.41, 5.74) is 3.00. The van der Waals surface area contributed by atoms with Gasteiger partial charge in [0, 0.05) is 18.2 Å². The summed E-state index contributed by atoms with van der Waals surface area (Å²) in [6.07, 6.45) is 5.37. The van der Waals surface area contributed by atoms with Crippen LogP contribution in [0.4, 0.5) is 0 Å². The first-order valence-electron chi connectivity index (χ1n) is 8.08. The highest BCUT2D eigenvalue weighted by molar-refractivity contribution is 5.75. The molecule has 1 unspecified atom stereocenters. The lowest BCUT2D eigenvalue weighted by atomic mass is 10.0. The summed E-state index contributed by atoms with van der Waals surface area (Å²) in [5, 5.41) is 6.81. The zero-order valence-electron chi connectivity index (χ0n) is 13.5. The first-order valence-corrected chi connectivity index (χ1v) is 8.08. The molecule has 3 aromatic rings. The molecule has 0 spiro atoms. The molecule has 0 radical (unpaired) electrons. The summed E-state index contributed by atoms with van der Waals surface area (Å²) in [7, 11) is 0. The Morgan fingerprint density at radius 1 is 1.28 bits per heavy atom. The number of pyridine rings is 1. The van der Waals surface area contributed by atoms with E-state index in [-0.39, 0.29) is 18.6 Å². The number of carbonyl (C=O) groups excluding carboxylic acids is 1. The predicted molar refractivity (Wildman–Crippen MR) is 90.8 cm³/mol. The number of ether oxygens (including phenoxy) is 1. The Balaban J connectivity index is 1.41. The monoisotopic (exact) mass is 335 g/mol. The minimum atomic E-state index is -0.116. The van der Waals surface area contributed by atoms with E-state index in [9.17, 15) is 4.79 Å². The van der Waals surface area contributed by atoms with Crippen LogP contribution in [0, 0.1) is 0 Å². The number of fused-ring (bicyclic) bond motifs is 1. The fourth-order valence-corrected chi connectivity index (χ4v) is 2.92. The van der Waals surface area contributed by atoms with Gasteiger partial charge in [-0.05, 0) is 23.8 Å². The highest BCUT2D eigenvalue weighted by Crippen LogP contribution is 2.37. The van der Waals surface area contributed by atoms with Gasteiger partial charge in [-0.2, -0.15) is 5.10 Å². The van der Waals surface area contributed by atoms with Crippen LogP contribution < -0.4 is 10.1 Å².